The largest absolute Gasteiger partial charge is 0.399 e. The van der Waals surface area contributed by atoms with Gasteiger partial charge in [0.05, 0.1) is 5.69 Å². The molecule has 3 heterocycles. The first-order chi connectivity index (χ1) is 12.2. The van der Waals surface area contributed by atoms with Gasteiger partial charge < -0.3 is 5.73 Å². The molecule has 2 N–H and O–H groups in total. The third-order valence-electron chi connectivity index (χ3n) is 4.39. The summed E-state index contributed by atoms with van der Waals surface area (Å²) in [6.45, 7) is 2.63. The van der Waals surface area contributed by atoms with Crippen molar-refractivity contribution in [2.24, 2.45) is 0 Å². The lowest BCUT2D eigenvalue weighted by Gasteiger charge is -2.27. The topological polar surface area (TPSA) is 67.9 Å². The zero-order valence-electron chi connectivity index (χ0n) is 13.7. The molecule has 0 fully saturated rings. The molecule has 3 aromatic rings. The summed E-state index contributed by atoms with van der Waals surface area (Å²) >= 11 is 5.86. The number of nitrogens with two attached hydrogens (primary N) is 1. The van der Waals surface area contributed by atoms with Crippen molar-refractivity contribution in [3.63, 3.8) is 0 Å². The normalized spacial score (nSPS) is 14.3. The molecule has 25 heavy (non-hydrogen) atoms. The monoisotopic (exact) mass is 351 g/mol. The first-order valence-corrected chi connectivity index (χ1v) is 8.59. The Morgan fingerprint density at radius 2 is 1.88 bits per heavy atom. The van der Waals surface area contributed by atoms with Crippen molar-refractivity contribution in [1.29, 1.82) is 0 Å². The number of hydrogen-bond acceptors (Lipinski definition) is 5. The van der Waals surface area contributed by atoms with E-state index < -0.39 is 0 Å². The molecule has 1 aromatic carbocycles. The smallest absolute Gasteiger partial charge is 0.159 e. The Labute approximate surface area is 151 Å². The van der Waals surface area contributed by atoms with Gasteiger partial charge in [0.1, 0.15) is 5.15 Å². The van der Waals surface area contributed by atoms with Gasteiger partial charge in [0.2, 0.25) is 0 Å². The molecule has 0 radical (unpaired) electrons. The molecule has 0 atom stereocenters. The SMILES string of the molecule is Nc1ccc(-c2ncc3c(n2)CN(Cc2ccc(Cl)nc2)CC3)cc1. The van der Waals surface area contributed by atoms with Crippen LogP contribution in [0.15, 0.2) is 48.8 Å². The quantitative estimate of drug-likeness (QED) is 0.579. The van der Waals surface area contributed by atoms with Crippen LogP contribution in [-0.4, -0.2) is 26.4 Å². The predicted molar refractivity (Wildman–Crippen MR) is 98.9 cm³/mol. The van der Waals surface area contributed by atoms with Gasteiger partial charge in [-0.25, -0.2) is 15.0 Å². The lowest BCUT2D eigenvalue weighted by Crippen LogP contribution is -2.31. The van der Waals surface area contributed by atoms with E-state index in [4.69, 9.17) is 22.3 Å². The fraction of sp³-hybridized carbons (Fsp3) is 0.211. The number of rotatable bonds is 3. The van der Waals surface area contributed by atoms with Gasteiger partial charge >= 0.3 is 0 Å². The molecular weight excluding hydrogens is 334 g/mol. The predicted octanol–water partition coefficient (Wildman–Crippen LogP) is 3.33. The van der Waals surface area contributed by atoms with E-state index in [2.05, 4.69) is 14.9 Å². The highest BCUT2D eigenvalue weighted by molar-refractivity contribution is 6.29. The van der Waals surface area contributed by atoms with Crippen molar-refractivity contribution in [2.75, 3.05) is 12.3 Å². The van der Waals surface area contributed by atoms with Crippen LogP contribution in [-0.2, 0) is 19.5 Å². The van der Waals surface area contributed by atoms with Crippen LogP contribution in [0.2, 0.25) is 5.15 Å². The van der Waals surface area contributed by atoms with Crippen molar-refractivity contribution in [3.8, 4) is 11.4 Å². The summed E-state index contributed by atoms with van der Waals surface area (Å²) < 4.78 is 0. The molecule has 0 amide bonds. The van der Waals surface area contributed by atoms with Gasteiger partial charge in [-0.05, 0) is 47.9 Å². The van der Waals surface area contributed by atoms with E-state index >= 15 is 0 Å². The Hall–Kier alpha value is -2.50. The fourth-order valence-corrected chi connectivity index (χ4v) is 3.13. The van der Waals surface area contributed by atoms with Crippen LogP contribution < -0.4 is 5.73 Å². The Morgan fingerprint density at radius 1 is 1.04 bits per heavy atom. The number of anilines is 1. The molecule has 1 aliphatic heterocycles. The molecule has 0 aliphatic carbocycles. The van der Waals surface area contributed by atoms with Crippen LogP contribution in [0.1, 0.15) is 16.8 Å². The highest BCUT2D eigenvalue weighted by atomic mass is 35.5. The van der Waals surface area contributed by atoms with E-state index in [1.54, 1.807) is 0 Å². The second kappa shape index (κ2) is 6.78. The summed E-state index contributed by atoms with van der Waals surface area (Å²) in [5.74, 6) is 0.744. The molecule has 4 rings (SSSR count). The Kier molecular flexibility index (Phi) is 4.34. The van der Waals surface area contributed by atoms with Crippen molar-refractivity contribution < 1.29 is 0 Å². The standard InChI is InChI=1S/C19H18ClN5/c20-18-6-1-13(9-22-18)11-25-8-7-15-10-23-19(24-17(15)12-25)14-2-4-16(21)5-3-14/h1-6,9-10H,7-8,11-12,21H2. The van der Waals surface area contributed by atoms with Crippen LogP contribution in [0, 0.1) is 0 Å². The van der Waals surface area contributed by atoms with Crippen molar-refractivity contribution in [3.05, 3.63) is 70.8 Å². The molecule has 126 valence electrons. The molecular formula is C19H18ClN5. The number of hydrogen-bond donors (Lipinski definition) is 1. The number of aromatic nitrogens is 3. The molecule has 2 aromatic heterocycles. The zero-order valence-corrected chi connectivity index (χ0v) is 14.4. The fourth-order valence-electron chi connectivity index (χ4n) is 3.02. The van der Waals surface area contributed by atoms with Crippen LogP contribution in [0.5, 0.6) is 0 Å². The number of fused-ring (bicyclic) bond motifs is 1. The van der Waals surface area contributed by atoms with Gasteiger partial charge in [0.25, 0.3) is 0 Å². The van der Waals surface area contributed by atoms with Crippen LogP contribution >= 0.6 is 11.6 Å². The molecule has 0 saturated heterocycles. The summed E-state index contributed by atoms with van der Waals surface area (Å²) in [7, 11) is 0. The summed E-state index contributed by atoms with van der Waals surface area (Å²) in [5.41, 5.74) is 11.0. The van der Waals surface area contributed by atoms with Gasteiger partial charge in [-0.1, -0.05) is 17.7 Å². The minimum absolute atomic E-state index is 0.522. The maximum atomic E-state index is 5.86. The van der Waals surface area contributed by atoms with Gasteiger partial charge in [0.15, 0.2) is 5.82 Å². The minimum Gasteiger partial charge on any atom is -0.399 e. The lowest BCUT2D eigenvalue weighted by molar-refractivity contribution is 0.241. The number of nitrogen functional groups attached to an aromatic ring is 1. The van der Waals surface area contributed by atoms with Gasteiger partial charge in [-0.2, -0.15) is 0 Å². The van der Waals surface area contributed by atoms with E-state index in [-0.39, 0.29) is 0 Å². The van der Waals surface area contributed by atoms with Gasteiger partial charge in [-0.3, -0.25) is 4.90 Å². The zero-order chi connectivity index (χ0) is 17.2. The van der Waals surface area contributed by atoms with Gasteiger partial charge in [0, 0.05) is 43.3 Å². The van der Waals surface area contributed by atoms with Crippen molar-refractivity contribution >= 4 is 17.3 Å². The molecule has 0 spiro atoms. The molecule has 0 bridgehead atoms. The van der Waals surface area contributed by atoms with E-state index in [0.717, 1.165) is 54.4 Å². The van der Waals surface area contributed by atoms with Crippen LogP contribution in [0.4, 0.5) is 5.69 Å². The first kappa shape index (κ1) is 16.0. The van der Waals surface area contributed by atoms with Crippen LogP contribution in [0.25, 0.3) is 11.4 Å². The number of pyridine rings is 1. The molecule has 0 unspecified atom stereocenters. The Morgan fingerprint density at radius 3 is 2.64 bits per heavy atom. The third-order valence-corrected chi connectivity index (χ3v) is 4.61. The average Bonchev–Trinajstić information content (AvgIpc) is 2.64. The maximum Gasteiger partial charge on any atom is 0.159 e. The minimum atomic E-state index is 0.522. The van der Waals surface area contributed by atoms with E-state index in [1.807, 2.05) is 48.8 Å². The average molecular weight is 352 g/mol. The Balaban J connectivity index is 1.54. The number of benzene rings is 1. The van der Waals surface area contributed by atoms with E-state index in [1.165, 1.54) is 5.56 Å². The second-order valence-electron chi connectivity index (χ2n) is 6.24. The summed E-state index contributed by atoms with van der Waals surface area (Å²) in [5, 5.41) is 0.522. The summed E-state index contributed by atoms with van der Waals surface area (Å²) in [6.07, 6.45) is 4.74. The molecule has 0 saturated carbocycles. The molecule has 5 nitrogen and oxygen atoms in total. The highest BCUT2D eigenvalue weighted by Crippen LogP contribution is 2.22. The van der Waals surface area contributed by atoms with Crippen LogP contribution in [0.3, 0.4) is 0 Å². The highest BCUT2D eigenvalue weighted by Gasteiger charge is 2.19. The molecule has 6 heteroatoms. The maximum absolute atomic E-state index is 5.86. The van der Waals surface area contributed by atoms with Crippen molar-refractivity contribution in [1.82, 2.24) is 19.9 Å². The van der Waals surface area contributed by atoms with E-state index in [9.17, 15) is 0 Å². The first-order valence-electron chi connectivity index (χ1n) is 8.21. The lowest BCUT2D eigenvalue weighted by atomic mass is 10.1. The summed E-state index contributed by atoms with van der Waals surface area (Å²) in [4.78, 5) is 15.8. The number of nitrogens with zero attached hydrogens (tertiary/aromatic N) is 4. The van der Waals surface area contributed by atoms with Gasteiger partial charge in [-0.15, -0.1) is 0 Å². The second-order valence-corrected chi connectivity index (χ2v) is 6.62. The Bertz CT molecular complexity index is 877. The molecule has 1 aliphatic rings. The third kappa shape index (κ3) is 3.62. The van der Waals surface area contributed by atoms with Crippen molar-refractivity contribution in [2.45, 2.75) is 19.5 Å². The van der Waals surface area contributed by atoms with E-state index in [0.29, 0.717) is 5.15 Å². The summed E-state index contributed by atoms with van der Waals surface area (Å²) in [6, 6.07) is 11.5. The number of halogens is 1.